The number of amides is 1. The van der Waals surface area contributed by atoms with Crippen LogP contribution in [0.4, 0.5) is 5.69 Å². The first-order valence-corrected chi connectivity index (χ1v) is 9.48. The molecule has 0 radical (unpaired) electrons. The molecule has 0 aliphatic heterocycles. The Morgan fingerprint density at radius 3 is 2.70 bits per heavy atom. The lowest BCUT2D eigenvalue weighted by Gasteiger charge is -2.24. The maximum atomic E-state index is 12.0. The van der Waals surface area contributed by atoms with Gasteiger partial charge in [-0.2, -0.15) is 0 Å². The van der Waals surface area contributed by atoms with E-state index >= 15 is 0 Å². The van der Waals surface area contributed by atoms with Crippen molar-refractivity contribution >= 4 is 33.2 Å². The van der Waals surface area contributed by atoms with Crippen molar-refractivity contribution in [3.8, 4) is 0 Å². The third-order valence-electron chi connectivity index (χ3n) is 3.30. The number of nitrogens with one attached hydrogen (secondary N) is 1. The lowest BCUT2D eigenvalue weighted by Crippen LogP contribution is -2.33. The van der Waals surface area contributed by atoms with E-state index in [1.54, 1.807) is 32.2 Å². The van der Waals surface area contributed by atoms with E-state index in [1.807, 2.05) is 0 Å². The van der Waals surface area contributed by atoms with E-state index in [9.17, 15) is 13.2 Å². The number of methoxy groups -OCH3 is 1. The number of nitrogens with zero attached hydrogens (tertiary/aromatic N) is 1. The van der Waals surface area contributed by atoms with Crippen LogP contribution in [0.2, 0.25) is 5.02 Å². The summed E-state index contributed by atoms with van der Waals surface area (Å²) >= 11 is 6.07. The summed E-state index contributed by atoms with van der Waals surface area (Å²) in [5.74, 6) is -0.127. The standard InChI is InChI=1S/C15H23ClN2O4S/c1-12-13(16)6-4-7-14(12)18(23(3,20)21)10-5-8-15(19)17-9-11-22-2/h4,6-7H,5,8-11H2,1-3H3,(H,17,19). The Hall–Kier alpha value is -1.31. The molecule has 0 unspecified atom stereocenters. The number of hydrogen-bond donors (Lipinski definition) is 1. The number of hydrogen-bond acceptors (Lipinski definition) is 4. The molecule has 0 saturated heterocycles. The van der Waals surface area contributed by atoms with Gasteiger partial charge in [0.05, 0.1) is 18.6 Å². The average molecular weight is 363 g/mol. The molecule has 0 saturated carbocycles. The van der Waals surface area contributed by atoms with Gasteiger partial charge >= 0.3 is 0 Å². The van der Waals surface area contributed by atoms with Gasteiger partial charge in [0.25, 0.3) is 0 Å². The fraction of sp³-hybridized carbons (Fsp3) is 0.533. The molecule has 1 aromatic rings. The van der Waals surface area contributed by atoms with Crippen LogP contribution < -0.4 is 9.62 Å². The van der Waals surface area contributed by atoms with E-state index < -0.39 is 10.0 Å². The molecule has 8 heteroatoms. The molecule has 0 heterocycles. The Morgan fingerprint density at radius 1 is 1.39 bits per heavy atom. The Balaban J connectivity index is 2.71. The van der Waals surface area contributed by atoms with Gasteiger partial charge in [0.2, 0.25) is 15.9 Å². The quantitative estimate of drug-likeness (QED) is 0.681. The molecule has 0 aromatic heterocycles. The Morgan fingerprint density at radius 2 is 2.09 bits per heavy atom. The Bertz CT molecular complexity index is 634. The highest BCUT2D eigenvalue weighted by molar-refractivity contribution is 7.92. The van der Waals surface area contributed by atoms with Gasteiger partial charge in [0.1, 0.15) is 0 Å². The molecule has 130 valence electrons. The third-order valence-corrected chi connectivity index (χ3v) is 4.89. The number of benzene rings is 1. The molecule has 1 aromatic carbocycles. The number of rotatable bonds is 9. The predicted molar refractivity (Wildman–Crippen MR) is 92.5 cm³/mol. The second-order valence-corrected chi connectivity index (χ2v) is 7.48. The van der Waals surface area contributed by atoms with Gasteiger partial charge in [0, 0.05) is 31.6 Å². The monoisotopic (exact) mass is 362 g/mol. The van der Waals surface area contributed by atoms with Crippen molar-refractivity contribution in [2.45, 2.75) is 19.8 Å². The van der Waals surface area contributed by atoms with Crippen LogP contribution in [0.5, 0.6) is 0 Å². The second-order valence-electron chi connectivity index (χ2n) is 5.17. The average Bonchev–Trinajstić information content (AvgIpc) is 2.46. The van der Waals surface area contributed by atoms with E-state index in [1.165, 1.54) is 4.31 Å². The number of sulfonamides is 1. The summed E-state index contributed by atoms with van der Waals surface area (Å²) in [5, 5.41) is 3.21. The second kappa shape index (κ2) is 9.10. The van der Waals surface area contributed by atoms with Crippen LogP contribution in [-0.2, 0) is 19.6 Å². The van der Waals surface area contributed by atoms with Crippen molar-refractivity contribution in [2.75, 3.05) is 37.4 Å². The minimum atomic E-state index is -3.45. The zero-order valence-electron chi connectivity index (χ0n) is 13.6. The Kier molecular flexibility index (Phi) is 7.81. The smallest absolute Gasteiger partial charge is 0.232 e. The largest absolute Gasteiger partial charge is 0.383 e. The normalized spacial score (nSPS) is 11.3. The molecular weight excluding hydrogens is 340 g/mol. The van der Waals surface area contributed by atoms with Crippen molar-refractivity contribution in [1.29, 1.82) is 0 Å². The number of anilines is 1. The fourth-order valence-electron chi connectivity index (χ4n) is 2.10. The summed E-state index contributed by atoms with van der Waals surface area (Å²) in [6, 6.07) is 5.13. The van der Waals surface area contributed by atoms with E-state index in [0.717, 1.165) is 6.26 Å². The predicted octanol–water partition coefficient (Wildman–Crippen LogP) is 1.96. The van der Waals surface area contributed by atoms with E-state index in [-0.39, 0.29) is 18.9 Å². The molecule has 6 nitrogen and oxygen atoms in total. The SMILES string of the molecule is COCCNC(=O)CCCN(c1cccc(Cl)c1C)S(C)(=O)=O. The van der Waals surface area contributed by atoms with Gasteiger partial charge in [-0.25, -0.2) is 8.42 Å². The van der Waals surface area contributed by atoms with Crippen molar-refractivity contribution in [3.63, 3.8) is 0 Å². The molecule has 0 bridgehead atoms. The zero-order valence-corrected chi connectivity index (χ0v) is 15.2. The molecule has 23 heavy (non-hydrogen) atoms. The van der Waals surface area contributed by atoms with E-state index in [0.29, 0.717) is 35.8 Å². The highest BCUT2D eigenvalue weighted by Gasteiger charge is 2.20. The van der Waals surface area contributed by atoms with Gasteiger partial charge in [-0.1, -0.05) is 17.7 Å². The lowest BCUT2D eigenvalue weighted by molar-refractivity contribution is -0.121. The van der Waals surface area contributed by atoms with Crippen LogP contribution in [0, 0.1) is 6.92 Å². The summed E-state index contributed by atoms with van der Waals surface area (Å²) < 4.78 is 30.2. The number of ether oxygens (including phenoxy) is 1. The first kappa shape index (κ1) is 19.7. The van der Waals surface area contributed by atoms with E-state index in [2.05, 4.69) is 5.32 Å². The molecule has 1 amide bonds. The first-order chi connectivity index (χ1) is 10.8. The van der Waals surface area contributed by atoms with Gasteiger partial charge in [-0.3, -0.25) is 9.10 Å². The van der Waals surface area contributed by atoms with Crippen molar-refractivity contribution in [1.82, 2.24) is 5.32 Å². The molecule has 0 spiro atoms. The molecule has 0 aliphatic carbocycles. The summed E-state index contributed by atoms with van der Waals surface area (Å²) in [6.07, 6.45) is 1.80. The summed E-state index contributed by atoms with van der Waals surface area (Å²) in [6.45, 7) is 2.88. The first-order valence-electron chi connectivity index (χ1n) is 7.26. The molecule has 0 aliphatic rings. The van der Waals surface area contributed by atoms with E-state index in [4.69, 9.17) is 16.3 Å². The Labute approximate surface area is 142 Å². The fourth-order valence-corrected chi connectivity index (χ4v) is 3.28. The zero-order chi connectivity index (χ0) is 17.5. The van der Waals surface area contributed by atoms with Crippen LogP contribution in [0.25, 0.3) is 0 Å². The number of halogens is 1. The van der Waals surface area contributed by atoms with Crippen LogP contribution >= 0.6 is 11.6 Å². The van der Waals surface area contributed by atoms with Crippen LogP contribution in [-0.4, -0.2) is 47.4 Å². The van der Waals surface area contributed by atoms with Crippen LogP contribution in [0.1, 0.15) is 18.4 Å². The maximum Gasteiger partial charge on any atom is 0.232 e. The molecule has 1 N–H and O–H groups in total. The lowest BCUT2D eigenvalue weighted by atomic mass is 10.2. The highest BCUT2D eigenvalue weighted by Crippen LogP contribution is 2.28. The number of carbonyl (C=O) groups is 1. The maximum absolute atomic E-state index is 12.0. The third kappa shape index (κ3) is 6.37. The molecule has 0 atom stereocenters. The van der Waals surface area contributed by atoms with Gasteiger partial charge in [-0.05, 0) is 31.0 Å². The van der Waals surface area contributed by atoms with Gasteiger partial charge < -0.3 is 10.1 Å². The molecule has 0 fully saturated rings. The van der Waals surface area contributed by atoms with Gasteiger partial charge in [-0.15, -0.1) is 0 Å². The van der Waals surface area contributed by atoms with Crippen LogP contribution in [0.3, 0.4) is 0 Å². The van der Waals surface area contributed by atoms with Gasteiger partial charge in [0.15, 0.2) is 0 Å². The van der Waals surface area contributed by atoms with Crippen molar-refractivity contribution in [3.05, 3.63) is 28.8 Å². The molecule has 1 rings (SSSR count). The van der Waals surface area contributed by atoms with Crippen molar-refractivity contribution in [2.24, 2.45) is 0 Å². The van der Waals surface area contributed by atoms with Crippen LogP contribution in [0.15, 0.2) is 18.2 Å². The summed E-state index contributed by atoms with van der Waals surface area (Å²) in [4.78, 5) is 11.7. The minimum absolute atomic E-state index is 0.127. The summed E-state index contributed by atoms with van der Waals surface area (Å²) in [7, 11) is -1.89. The van der Waals surface area contributed by atoms with Crippen molar-refractivity contribution < 1.29 is 17.9 Å². The highest BCUT2D eigenvalue weighted by atomic mass is 35.5. The number of carbonyl (C=O) groups excluding carboxylic acids is 1. The molecular formula is C15H23ClN2O4S. The topological polar surface area (TPSA) is 75.7 Å². The minimum Gasteiger partial charge on any atom is -0.383 e. The summed E-state index contributed by atoms with van der Waals surface area (Å²) in [5.41, 5.74) is 1.24.